The van der Waals surface area contributed by atoms with Crippen molar-refractivity contribution in [3.63, 3.8) is 0 Å². The summed E-state index contributed by atoms with van der Waals surface area (Å²) in [5.74, 6) is 0. The molecule has 0 amide bonds. The second-order valence-corrected chi connectivity index (χ2v) is 8.02. The normalized spacial score (nSPS) is 24.5. The number of nitrogens with one attached hydrogen (secondary N) is 1. The van der Waals surface area contributed by atoms with E-state index in [-0.39, 0.29) is 6.61 Å². The highest BCUT2D eigenvalue weighted by Gasteiger charge is 2.43. The molecule has 5 heteroatoms. The maximum absolute atomic E-state index is 10.5. The van der Waals surface area contributed by atoms with Gasteiger partial charge in [0.2, 0.25) is 0 Å². The van der Waals surface area contributed by atoms with Crippen LogP contribution in [0.2, 0.25) is 0 Å². The number of fused-ring (bicyclic) bond motifs is 7. The number of ether oxygens (including phenoxy) is 1. The number of aliphatic hydroxyl groups excluding tert-OH is 3. The van der Waals surface area contributed by atoms with E-state index in [1.54, 1.807) is 0 Å². The van der Waals surface area contributed by atoms with Crippen molar-refractivity contribution in [3.05, 3.63) is 72.3 Å². The molecule has 150 valence electrons. The third kappa shape index (κ3) is 2.38. The minimum absolute atomic E-state index is 0.333. The van der Waals surface area contributed by atoms with Crippen LogP contribution in [-0.4, -0.2) is 45.2 Å². The molecule has 1 unspecified atom stereocenters. The number of hydrogen-bond acceptors (Lipinski definition) is 4. The van der Waals surface area contributed by atoms with Gasteiger partial charge in [-0.3, -0.25) is 0 Å². The van der Waals surface area contributed by atoms with Crippen LogP contribution in [0.5, 0.6) is 0 Å². The molecule has 1 saturated heterocycles. The lowest BCUT2D eigenvalue weighted by molar-refractivity contribution is -0.0223. The van der Waals surface area contributed by atoms with Crippen LogP contribution in [0.25, 0.3) is 43.4 Å². The van der Waals surface area contributed by atoms with Gasteiger partial charge >= 0.3 is 0 Å². The quantitative estimate of drug-likeness (QED) is 0.340. The molecule has 5 nitrogen and oxygen atoms in total. The van der Waals surface area contributed by atoms with Gasteiger partial charge in [0.05, 0.1) is 12.1 Å². The summed E-state index contributed by atoms with van der Waals surface area (Å²) in [6.45, 7) is -0.333. The lowest BCUT2D eigenvalue weighted by Crippen LogP contribution is -2.32. The summed E-state index contributed by atoms with van der Waals surface area (Å²) in [5.41, 5.74) is 3.03. The summed E-state index contributed by atoms with van der Waals surface area (Å²) in [4.78, 5) is 3.56. The molecule has 1 aliphatic rings. The second-order valence-electron chi connectivity index (χ2n) is 8.02. The molecule has 6 rings (SSSR count). The van der Waals surface area contributed by atoms with Crippen molar-refractivity contribution < 1.29 is 20.1 Å². The van der Waals surface area contributed by atoms with Gasteiger partial charge in [0.15, 0.2) is 0 Å². The number of benzene rings is 4. The fourth-order valence-corrected chi connectivity index (χ4v) is 4.92. The van der Waals surface area contributed by atoms with E-state index in [0.29, 0.717) is 0 Å². The largest absolute Gasteiger partial charge is 0.394 e. The van der Waals surface area contributed by atoms with Crippen LogP contribution in [-0.2, 0) is 4.74 Å². The molecule has 5 aromatic rings. The maximum Gasteiger partial charge on any atom is 0.113 e. The molecule has 30 heavy (non-hydrogen) atoms. The predicted molar refractivity (Wildman–Crippen MR) is 118 cm³/mol. The van der Waals surface area contributed by atoms with Gasteiger partial charge in [0.1, 0.15) is 24.4 Å². The molecule has 2 heterocycles. The Hall–Kier alpha value is -2.96. The standard InChI is InChI=1S/C25H21NO4/c27-12-21-23(28)24(29)25(30-21)19-6-3-5-13-14-8-11-18-16-4-1-2-7-20(16)26-22(18)17(14)10-9-15(13)19/h1-11,21,23-29H,12H2/t21-,23-,24-,25?/m1/s1. The third-order valence-electron chi connectivity index (χ3n) is 6.42. The Bertz CT molecular complexity index is 1420. The van der Waals surface area contributed by atoms with Crippen LogP contribution in [0, 0.1) is 0 Å². The first-order valence-electron chi connectivity index (χ1n) is 10.1. The van der Waals surface area contributed by atoms with E-state index in [0.717, 1.165) is 38.1 Å². The number of aromatic nitrogens is 1. The molecule has 0 saturated carbocycles. The number of rotatable bonds is 2. The topological polar surface area (TPSA) is 85.7 Å². The molecule has 0 radical (unpaired) electrons. The van der Waals surface area contributed by atoms with E-state index in [1.807, 2.05) is 30.3 Å². The summed E-state index contributed by atoms with van der Waals surface area (Å²) in [7, 11) is 0. The lowest BCUT2D eigenvalue weighted by Gasteiger charge is -2.18. The Balaban J connectivity index is 1.60. The first-order chi connectivity index (χ1) is 14.7. The zero-order valence-electron chi connectivity index (χ0n) is 16.1. The molecule has 0 bridgehead atoms. The van der Waals surface area contributed by atoms with Gasteiger partial charge in [0.25, 0.3) is 0 Å². The Morgan fingerprint density at radius 1 is 0.700 bits per heavy atom. The number of para-hydroxylation sites is 1. The van der Waals surface area contributed by atoms with Gasteiger partial charge in [-0.15, -0.1) is 0 Å². The van der Waals surface area contributed by atoms with Gasteiger partial charge in [-0.2, -0.15) is 0 Å². The predicted octanol–water partition coefficient (Wildman–Crippen LogP) is 3.78. The van der Waals surface area contributed by atoms with Crippen molar-refractivity contribution in [1.29, 1.82) is 0 Å². The highest BCUT2D eigenvalue weighted by molar-refractivity contribution is 6.22. The zero-order valence-corrected chi connectivity index (χ0v) is 16.1. The number of hydrogen-bond donors (Lipinski definition) is 4. The Kier molecular flexibility index (Phi) is 3.88. The molecule has 4 aromatic carbocycles. The van der Waals surface area contributed by atoms with E-state index in [1.165, 1.54) is 10.8 Å². The number of aromatic amines is 1. The van der Waals surface area contributed by atoms with Crippen molar-refractivity contribution in [1.82, 2.24) is 4.98 Å². The number of H-pyrrole nitrogens is 1. The van der Waals surface area contributed by atoms with Crippen LogP contribution in [0.1, 0.15) is 11.7 Å². The van der Waals surface area contributed by atoms with E-state index >= 15 is 0 Å². The van der Waals surface area contributed by atoms with E-state index in [2.05, 4.69) is 41.4 Å². The van der Waals surface area contributed by atoms with Crippen molar-refractivity contribution >= 4 is 43.4 Å². The first-order valence-corrected chi connectivity index (χ1v) is 10.1. The molecule has 4 atom stereocenters. The van der Waals surface area contributed by atoms with Gasteiger partial charge in [0, 0.05) is 21.7 Å². The fraction of sp³-hybridized carbons (Fsp3) is 0.200. The summed E-state index contributed by atoms with van der Waals surface area (Å²) in [6, 6.07) is 22.6. The van der Waals surface area contributed by atoms with Crippen molar-refractivity contribution in [2.24, 2.45) is 0 Å². The molecule has 0 spiro atoms. The average molecular weight is 399 g/mol. The Morgan fingerprint density at radius 2 is 1.37 bits per heavy atom. The highest BCUT2D eigenvalue weighted by Crippen LogP contribution is 2.40. The monoisotopic (exact) mass is 399 g/mol. The minimum atomic E-state index is -1.11. The summed E-state index contributed by atoms with van der Waals surface area (Å²) in [5, 5.41) is 36.8. The van der Waals surface area contributed by atoms with Gasteiger partial charge in [-0.1, -0.05) is 60.7 Å². The van der Waals surface area contributed by atoms with E-state index in [4.69, 9.17) is 4.74 Å². The van der Waals surface area contributed by atoms with Crippen LogP contribution in [0.4, 0.5) is 0 Å². The van der Waals surface area contributed by atoms with Crippen LogP contribution in [0.15, 0.2) is 66.7 Å². The van der Waals surface area contributed by atoms with Gasteiger partial charge in [-0.05, 0) is 27.8 Å². The van der Waals surface area contributed by atoms with Crippen molar-refractivity contribution in [3.8, 4) is 0 Å². The van der Waals surface area contributed by atoms with Crippen LogP contribution < -0.4 is 0 Å². The van der Waals surface area contributed by atoms with E-state index in [9.17, 15) is 15.3 Å². The van der Waals surface area contributed by atoms with Gasteiger partial charge in [-0.25, -0.2) is 0 Å². The Morgan fingerprint density at radius 3 is 2.17 bits per heavy atom. The molecule has 0 aliphatic carbocycles. The van der Waals surface area contributed by atoms with Crippen LogP contribution in [0.3, 0.4) is 0 Å². The smallest absolute Gasteiger partial charge is 0.113 e. The zero-order chi connectivity index (χ0) is 20.4. The van der Waals surface area contributed by atoms with Crippen molar-refractivity contribution in [2.75, 3.05) is 6.61 Å². The third-order valence-corrected chi connectivity index (χ3v) is 6.42. The molecular weight excluding hydrogens is 378 g/mol. The lowest BCUT2D eigenvalue weighted by atomic mass is 9.93. The van der Waals surface area contributed by atoms with Gasteiger partial charge < -0.3 is 25.0 Å². The average Bonchev–Trinajstić information content (AvgIpc) is 3.30. The van der Waals surface area contributed by atoms with Crippen LogP contribution >= 0.6 is 0 Å². The molecule has 4 N–H and O–H groups in total. The first kappa shape index (κ1) is 17.9. The molecular formula is C25H21NO4. The Labute approximate surface area is 172 Å². The minimum Gasteiger partial charge on any atom is -0.394 e. The molecule has 1 aliphatic heterocycles. The SMILES string of the molecule is OC[C@H]1OC(c2cccc3c2ccc2c3ccc3c4ccccc4[nH]c32)[C@H](O)[C@@H]1O. The fourth-order valence-electron chi connectivity index (χ4n) is 4.92. The van der Waals surface area contributed by atoms with Crippen molar-refractivity contribution in [2.45, 2.75) is 24.4 Å². The van der Waals surface area contributed by atoms with E-state index < -0.39 is 24.4 Å². The summed E-state index contributed by atoms with van der Waals surface area (Å²) < 4.78 is 5.80. The summed E-state index contributed by atoms with van der Waals surface area (Å²) >= 11 is 0. The summed E-state index contributed by atoms with van der Waals surface area (Å²) in [6.07, 6.45) is -3.66. The number of aliphatic hydroxyl groups is 3. The molecule has 1 aromatic heterocycles. The maximum atomic E-state index is 10.5. The highest BCUT2D eigenvalue weighted by atomic mass is 16.6. The second kappa shape index (κ2) is 6.52. The molecule has 1 fully saturated rings.